The summed E-state index contributed by atoms with van der Waals surface area (Å²) in [6, 6.07) is 21.5. The fraction of sp³-hybridized carbons (Fsp3) is 0.308. The number of carbonyl (C=O) groups excluding carboxylic acids is 3. The summed E-state index contributed by atoms with van der Waals surface area (Å²) < 4.78 is 34.1. The molecule has 0 aliphatic rings. The van der Waals surface area contributed by atoms with Gasteiger partial charge in [-0.25, -0.2) is 14.4 Å². The smallest absolute Gasteiger partial charge is 0.330 e. The number of esters is 3. The summed E-state index contributed by atoms with van der Waals surface area (Å²) >= 11 is 0. The van der Waals surface area contributed by atoms with Crippen LogP contribution in [0.15, 0.2) is 105 Å². The summed E-state index contributed by atoms with van der Waals surface area (Å²) in [6.45, 7) is 17.2. The molecule has 0 aromatic heterocycles. The summed E-state index contributed by atoms with van der Waals surface area (Å²) in [5.41, 5.74) is 3.04. The second-order valence-electron chi connectivity index (χ2n) is 10.8. The van der Waals surface area contributed by atoms with E-state index in [2.05, 4.69) is 40.5 Å². The molecule has 0 N–H and O–H groups in total. The first-order chi connectivity index (χ1) is 23.2. The summed E-state index contributed by atoms with van der Waals surface area (Å²) in [4.78, 5) is 34.7. The van der Waals surface area contributed by atoms with Gasteiger partial charge in [-0.15, -0.1) is 0 Å². The van der Waals surface area contributed by atoms with Crippen LogP contribution in [-0.4, -0.2) is 57.5 Å². The van der Waals surface area contributed by atoms with Crippen molar-refractivity contribution in [1.29, 1.82) is 0 Å². The summed E-state index contributed by atoms with van der Waals surface area (Å²) in [5, 5.41) is 0. The Balaban J connectivity index is 2.04. The minimum Gasteiger partial charge on any atom is -0.490 e. The Bertz CT molecular complexity index is 1580. The third-order valence-corrected chi connectivity index (χ3v) is 7.93. The first-order valence-corrected chi connectivity index (χ1v) is 15.8. The van der Waals surface area contributed by atoms with Gasteiger partial charge in [-0.2, -0.15) is 0 Å². The fourth-order valence-electron chi connectivity index (χ4n) is 5.25. The molecule has 0 saturated carbocycles. The normalized spacial score (nSPS) is 12.4. The van der Waals surface area contributed by atoms with Gasteiger partial charge in [0.2, 0.25) is 0 Å². The second-order valence-corrected chi connectivity index (χ2v) is 10.8. The van der Waals surface area contributed by atoms with Crippen molar-refractivity contribution in [3.05, 3.63) is 127 Å². The van der Waals surface area contributed by atoms with Crippen LogP contribution in [0.3, 0.4) is 0 Å². The maximum atomic E-state index is 11.8. The van der Waals surface area contributed by atoms with Crippen molar-refractivity contribution in [3.8, 4) is 17.2 Å². The van der Waals surface area contributed by atoms with Crippen molar-refractivity contribution in [2.24, 2.45) is 0 Å². The molecule has 2 atom stereocenters. The first-order valence-electron chi connectivity index (χ1n) is 15.8. The highest BCUT2D eigenvalue weighted by atomic mass is 16.6. The van der Waals surface area contributed by atoms with Crippen molar-refractivity contribution >= 4 is 17.9 Å². The van der Waals surface area contributed by atoms with Crippen LogP contribution in [0, 0.1) is 0 Å². The summed E-state index contributed by atoms with van der Waals surface area (Å²) in [7, 11) is 0. The van der Waals surface area contributed by atoms with Crippen molar-refractivity contribution in [3.63, 3.8) is 0 Å². The van der Waals surface area contributed by atoms with Gasteiger partial charge in [-0.3, -0.25) is 0 Å². The molecule has 9 heteroatoms. The third-order valence-electron chi connectivity index (χ3n) is 7.93. The van der Waals surface area contributed by atoms with Crippen LogP contribution in [0.2, 0.25) is 0 Å². The van der Waals surface area contributed by atoms with Gasteiger partial charge < -0.3 is 28.4 Å². The molecule has 48 heavy (non-hydrogen) atoms. The zero-order valence-electron chi connectivity index (χ0n) is 27.9. The average Bonchev–Trinajstić information content (AvgIpc) is 3.12. The summed E-state index contributed by atoms with van der Waals surface area (Å²) in [5.74, 6) is 0.179. The van der Waals surface area contributed by atoms with Crippen molar-refractivity contribution in [2.45, 2.75) is 38.5 Å². The highest BCUT2D eigenvalue weighted by molar-refractivity contribution is 5.81. The Morgan fingerprint density at radius 1 is 0.625 bits per heavy atom. The van der Waals surface area contributed by atoms with E-state index in [1.165, 1.54) is 0 Å². The molecule has 0 saturated heterocycles. The van der Waals surface area contributed by atoms with Gasteiger partial charge in [0, 0.05) is 51.8 Å². The number of rotatable bonds is 20. The maximum Gasteiger partial charge on any atom is 0.330 e. The lowest BCUT2D eigenvalue weighted by atomic mass is 9.72. The van der Waals surface area contributed by atoms with E-state index in [9.17, 15) is 14.4 Å². The van der Waals surface area contributed by atoms with E-state index < -0.39 is 23.3 Å². The number of benzene rings is 3. The van der Waals surface area contributed by atoms with E-state index in [4.69, 9.17) is 28.4 Å². The van der Waals surface area contributed by atoms with Crippen LogP contribution in [0.4, 0.5) is 0 Å². The van der Waals surface area contributed by atoms with E-state index in [-0.39, 0.29) is 45.6 Å². The number of ether oxygens (including phenoxy) is 6. The molecule has 254 valence electrons. The standard InChI is InChI=1S/C39H44O9/c1-7-35(40)45-24-22-43-33-20-13-11-16-29(33)28(5)30-17-15-19-32(38(30)48-27-26-47-37(42)9-3)39(6,10-4)31-18-12-14-21-34(31)44-23-25-46-36(41)8-2/h7-9,11-21,28H,1-3,10,22-27H2,4-6H3. The number of hydrogen-bond donors (Lipinski definition) is 0. The van der Waals surface area contributed by atoms with E-state index in [1.54, 1.807) is 0 Å². The van der Waals surface area contributed by atoms with Crippen molar-refractivity contribution < 1.29 is 42.8 Å². The zero-order valence-corrected chi connectivity index (χ0v) is 27.9. The highest BCUT2D eigenvalue weighted by Gasteiger charge is 2.35. The molecule has 0 radical (unpaired) electrons. The topological polar surface area (TPSA) is 107 Å². The predicted molar refractivity (Wildman–Crippen MR) is 184 cm³/mol. The number of para-hydroxylation sites is 3. The highest BCUT2D eigenvalue weighted by Crippen LogP contribution is 2.47. The van der Waals surface area contributed by atoms with Crippen LogP contribution in [0.5, 0.6) is 17.2 Å². The molecule has 2 unspecified atom stereocenters. The molecule has 9 nitrogen and oxygen atoms in total. The Labute approximate surface area is 282 Å². The Hall–Kier alpha value is -5.31. The average molecular weight is 657 g/mol. The third kappa shape index (κ3) is 9.84. The molecule has 0 amide bonds. The minimum atomic E-state index is -0.595. The van der Waals surface area contributed by atoms with Crippen LogP contribution in [0.25, 0.3) is 0 Å². The number of carbonyl (C=O) groups is 3. The van der Waals surface area contributed by atoms with Crippen molar-refractivity contribution in [1.82, 2.24) is 0 Å². The lowest BCUT2D eigenvalue weighted by molar-refractivity contribution is -0.139. The lowest BCUT2D eigenvalue weighted by Gasteiger charge is -2.34. The Kier molecular flexibility index (Phi) is 14.5. The minimum absolute atomic E-state index is 0.0299. The Morgan fingerprint density at radius 2 is 1.08 bits per heavy atom. The SMILES string of the molecule is C=CC(=O)OCCOc1ccccc1C(C)c1cccc(C(C)(CC)c2ccccc2OCCOC(=O)C=C)c1OCCOC(=O)C=C. The monoisotopic (exact) mass is 656 g/mol. The molecule has 0 fully saturated rings. The van der Waals surface area contributed by atoms with Crippen LogP contribution in [0.1, 0.15) is 55.4 Å². The number of hydrogen-bond acceptors (Lipinski definition) is 9. The van der Waals surface area contributed by atoms with Crippen molar-refractivity contribution in [2.75, 3.05) is 39.6 Å². The van der Waals surface area contributed by atoms with E-state index >= 15 is 0 Å². The van der Waals surface area contributed by atoms with Gasteiger partial charge in [0.15, 0.2) is 0 Å². The van der Waals surface area contributed by atoms with Crippen LogP contribution < -0.4 is 14.2 Å². The van der Waals surface area contributed by atoms with Gasteiger partial charge in [0.05, 0.1) is 0 Å². The van der Waals surface area contributed by atoms with E-state index in [0.29, 0.717) is 23.7 Å². The van der Waals surface area contributed by atoms with Gasteiger partial charge >= 0.3 is 17.9 Å². The molecular formula is C39H44O9. The molecule has 3 aromatic carbocycles. The molecule has 0 bridgehead atoms. The van der Waals surface area contributed by atoms with E-state index in [1.807, 2.05) is 66.7 Å². The van der Waals surface area contributed by atoms with Gasteiger partial charge in [0.25, 0.3) is 0 Å². The lowest BCUT2D eigenvalue weighted by Crippen LogP contribution is -2.26. The summed E-state index contributed by atoms with van der Waals surface area (Å²) in [6.07, 6.45) is 4.02. The molecule has 0 heterocycles. The van der Waals surface area contributed by atoms with Crippen LogP contribution >= 0.6 is 0 Å². The first kappa shape index (κ1) is 37.2. The quantitative estimate of drug-likeness (QED) is 0.0557. The van der Waals surface area contributed by atoms with Gasteiger partial charge in [-0.1, -0.05) is 95.1 Å². The zero-order chi connectivity index (χ0) is 34.9. The molecule has 0 aliphatic heterocycles. The molecule has 3 rings (SSSR count). The maximum absolute atomic E-state index is 11.8. The van der Waals surface area contributed by atoms with Crippen LogP contribution in [-0.2, 0) is 34.0 Å². The second kappa shape index (κ2) is 18.7. The largest absolute Gasteiger partial charge is 0.490 e. The predicted octanol–water partition coefficient (Wildman–Crippen LogP) is 6.88. The Morgan fingerprint density at radius 3 is 1.65 bits per heavy atom. The molecule has 3 aromatic rings. The molecule has 0 aliphatic carbocycles. The fourth-order valence-corrected chi connectivity index (χ4v) is 5.25. The van der Waals surface area contributed by atoms with Gasteiger partial charge in [-0.05, 0) is 18.6 Å². The molecule has 0 spiro atoms. The van der Waals surface area contributed by atoms with E-state index in [0.717, 1.165) is 40.5 Å². The van der Waals surface area contributed by atoms with Gasteiger partial charge in [0.1, 0.15) is 56.9 Å². The molecular weight excluding hydrogens is 612 g/mol.